The number of carbonyl (C=O) groups is 1. The highest BCUT2D eigenvalue weighted by molar-refractivity contribution is 7.94. The summed E-state index contributed by atoms with van der Waals surface area (Å²) in [5.41, 5.74) is 1.92. The molecule has 0 saturated carbocycles. The van der Waals surface area contributed by atoms with Crippen LogP contribution < -0.4 is 5.32 Å². The fraction of sp³-hybridized carbons (Fsp3) is 0.250. The van der Waals surface area contributed by atoms with Crippen LogP contribution in [0.5, 0.6) is 0 Å². The second kappa shape index (κ2) is 6.37. The van der Waals surface area contributed by atoms with Crippen LogP contribution in [0.4, 0.5) is 0 Å². The largest absolute Gasteiger partial charge is 0.352 e. The van der Waals surface area contributed by atoms with Gasteiger partial charge in [0.1, 0.15) is 0 Å². The number of imidazole rings is 1. The Morgan fingerprint density at radius 2 is 2.17 bits per heavy atom. The lowest BCUT2D eigenvalue weighted by Gasteiger charge is -2.12. The van der Waals surface area contributed by atoms with Crippen LogP contribution in [0.3, 0.4) is 0 Å². The molecule has 2 aromatic rings. The first-order valence-electron chi connectivity index (χ1n) is 7.27. The van der Waals surface area contributed by atoms with Crippen LogP contribution in [-0.4, -0.2) is 29.6 Å². The third-order valence-electron chi connectivity index (χ3n) is 3.70. The van der Waals surface area contributed by atoms with Crippen molar-refractivity contribution in [3.8, 4) is 5.69 Å². The van der Waals surface area contributed by atoms with E-state index in [2.05, 4.69) is 10.3 Å². The van der Waals surface area contributed by atoms with Gasteiger partial charge < -0.3 is 9.88 Å². The Morgan fingerprint density at radius 3 is 2.87 bits per heavy atom. The molecule has 0 saturated heterocycles. The Hall–Kier alpha value is -2.41. The molecule has 0 fully saturated rings. The molecule has 0 unspecified atom stereocenters. The Kier molecular flexibility index (Phi) is 4.29. The molecule has 2 heterocycles. The Labute approximate surface area is 134 Å². The zero-order chi connectivity index (χ0) is 16.3. The van der Waals surface area contributed by atoms with Crippen LogP contribution in [0.25, 0.3) is 5.69 Å². The van der Waals surface area contributed by atoms with Crippen molar-refractivity contribution in [1.82, 2.24) is 14.9 Å². The van der Waals surface area contributed by atoms with Gasteiger partial charge in [-0.15, -0.1) is 0 Å². The number of rotatable bonds is 5. The average molecular weight is 331 g/mol. The van der Waals surface area contributed by atoms with Crippen molar-refractivity contribution in [3.05, 3.63) is 60.0 Å². The number of aromatic nitrogens is 2. The van der Waals surface area contributed by atoms with E-state index in [-0.39, 0.29) is 24.0 Å². The molecule has 0 spiro atoms. The molecule has 0 radical (unpaired) electrons. The van der Waals surface area contributed by atoms with Crippen molar-refractivity contribution in [2.75, 3.05) is 5.75 Å². The molecule has 0 aliphatic carbocycles. The summed E-state index contributed by atoms with van der Waals surface area (Å²) in [5, 5.41) is 4.05. The minimum Gasteiger partial charge on any atom is -0.352 e. The number of benzene rings is 1. The van der Waals surface area contributed by atoms with Gasteiger partial charge in [0.05, 0.1) is 17.8 Å². The fourth-order valence-electron chi connectivity index (χ4n) is 2.59. The molecule has 1 aliphatic heterocycles. The highest BCUT2D eigenvalue weighted by Gasteiger charge is 2.23. The normalized spacial score (nSPS) is 18.9. The predicted molar refractivity (Wildman–Crippen MR) is 86.4 cm³/mol. The van der Waals surface area contributed by atoms with Crippen molar-refractivity contribution >= 4 is 15.7 Å². The first kappa shape index (κ1) is 15.5. The van der Waals surface area contributed by atoms with Gasteiger partial charge in [0.15, 0.2) is 9.84 Å². The van der Waals surface area contributed by atoms with Gasteiger partial charge in [-0.05, 0) is 11.6 Å². The van der Waals surface area contributed by atoms with E-state index in [0.717, 1.165) is 11.3 Å². The molecular formula is C16H17N3O3S. The van der Waals surface area contributed by atoms with Crippen molar-refractivity contribution in [3.63, 3.8) is 0 Å². The highest BCUT2D eigenvalue weighted by Crippen LogP contribution is 2.18. The number of carbonyl (C=O) groups excluding carboxylic acids is 1. The van der Waals surface area contributed by atoms with Crippen LogP contribution >= 0.6 is 0 Å². The molecular weight excluding hydrogens is 314 g/mol. The van der Waals surface area contributed by atoms with E-state index in [1.54, 1.807) is 18.6 Å². The van der Waals surface area contributed by atoms with E-state index in [1.165, 1.54) is 5.41 Å². The van der Waals surface area contributed by atoms with Gasteiger partial charge in [0, 0.05) is 36.7 Å². The summed E-state index contributed by atoms with van der Waals surface area (Å²) in [6.45, 7) is 0.385. The monoisotopic (exact) mass is 331 g/mol. The van der Waals surface area contributed by atoms with Gasteiger partial charge >= 0.3 is 0 Å². The number of nitrogens with one attached hydrogen (secondary N) is 1. The first-order chi connectivity index (χ1) is 11.0. The van der Waals surface area contributed by atoms with Gasteiger partial charge in [-0.3, -0.25) is 4.79 Å². The molecule has 1 aromatic heterocycles. The molecule has 1 atom stereocenters. The predicted octanol–water partition coefficient (Wildman–Crippen LogP) is 1.44. The van der Waals surface area contributed by atoms with E-state index >= 15 is 0 Å². The zero-order valence-electron chi connectivity index (χ0n) is 12.4. The maximum Gasteiger partial charge on any atom is 0.220 e. The summed E-state index contributed by atoms with van der Waals surface area (Å²) in [4.78, 5) is 16.1. The minimum atomic E-state index is -3.12. The van der Waals surface area contributed by atoms with Crippen LogP contribution in [0.2, 0.25) is 0 Å². The lowest BCUT2D eigenvalue weighted by Crippen LogP contribution is -2.26. The second-order valence-electron chi connectivity index (χ2n) is 5.50. The van der Waals surface area contributed by atoms with Crippen molar-refractivity contribution < 1.29 is 13.2 Å². The van der Waals surface area contributed by atoms with E-state index in [9.17, 15) is 13.2 Å². The molecule has 1 N–H and O–H groups in total. The smallest absolute Gasteiger partial charge is 0.220 e. The van der Waals surface area contributed by atoms with Gasteiger partial charge in [-0.25, -0.2) is 13.4 Å². The molecule has 6 nitrogen and oxygen atoms in total. The molecule has 23 heavy (non-hydrogen) atoms. The Morgan fingerprint density at radius 1 is 1.35 bits per heavy atom. The summed E-state index contributed by atoms with van der Waals surface area (Å²) in [7, 11) is -3.12. The Bertz CT molecular complexity index is 826. The highest BCUT2D eigenvalue weighted by atomic mass is 32.2. The fourth-order valence-corrected chi connectivity index (χ4v) is 3.98. The van der Waals surface area contributed by atoms with Crippen LogP contribution in [0.1, 0.15) is 12.0 Å². The number of sulfone groups is 1. The number of nitrogens with zero attached hydrogens (tertiary/aromatic N) is 2. The number of hydrogen-bond acceptors (Lipinski definition) is 4. The van der Waals surface area contributed by atoms with Crippen LogP contribution in [-0.2, 0) is 21.2 Å². The maximum absolute atomic E-state index is 12.0. The van der Waals surface area contributed by atoms with Gasteiger partial charge in [0.2, 0.25) is 5.91 Å². The van der Waals surface area contributed by atoms with E-state index in [4.69, 9.17) is 0 Å². The lowest BCUT2D eigenvalue weighted by atomic mass is 10.1. The number of hydrogen-bond donors (Lipinski definition) is 1. The lowest BCUT2D eigenvalue weighted by molar-refractivity contribution is -0.121. The third kappa shape index (κ3) is 3.87. The third-order valence-corrected chi connectivity index (χ3v) is 5.17. The topological polar surface area (TPSA) is 81.1 Å². The summed E-state index contributed by atoms with van der Waals surface area (Å²) in [6.07, 6.45) is 7.02. The standard InChI is InChI=1S/C16H17N3O3S/c20-16(9-13-5-8-23(21,22)11-13)18-10-14-3-1-2-4-15(14)19-7-6-17-12-19/h1-8,12-13H,9-11H2,(H,18,20)/t13-/m1/s1. The van der Waals surface area contributed by atoms with Crippen LogP contribution in [0, 0.1) is 5.92 Å². The molecule has 0 bridgehead atoms. The van der Waals surface area contributed by atoms with Gasteiger partial charge in [0.25, 0.3) is 0 Å². The van der Waals surface area contributed by atoms with E-state index in [1.807, 2.05) is 35.0 Å². The molecule has 1 aliphatic rings. The van der Waals surface area contributed by atoms with Gasteiger partial charge in [-0.2, -0.15) is 0 Å². The summed E-state index contributed by atoms with van der Waals surface area (Å²) >= 11 is 0. The van der Waals surface area contributed by atoms with E-state index < -0.39 is 9.84 Å². The maximum atomic E-state index is 12.0. The second-order valence-corrected chi connectivity index (χ2v) is 7.43. The zero-order valence-corrected chi connectivity index (χ0v) is 13.2. The SMILES string of the molecule is O=C(C[C@H]1C=CS(=O)(=O)C1)NCc1ccccc1-n1ccnc1. The molecule has 1 amide bonds. The minimum absolute atomic E-state index is 0.0199. The number of allylic oxidation sites excluding steroid dienone is 1. The van der Waals surface area contributed by atoms with E-state index in [0.29, 0.717) is 6.54 Å². The summed E-state index contributed by atoms with van der Waals surface area (Å²) in [6, 6.07) is 7.73. The molecule has 120 valence electrons. The first-order valence-corrected chi connectivity index (χ1v) is 8.99. The van der Waals surface area contributed by atoms with Crippen molar-refractivity contribution in [1.29, 1.82) is 0 Å². The number of para-hydroxylation sites is 1. The number of amides is 1. The summed E-state index contributed by atoms with van der Waals surface area (Å²) < 4.78 is 24.6. The van der Waals surface area contributed by atoms with Crippen molar-refractivity contribution in [2.45, 2.75) is 13.0 Å². The average Bonchev–Trinajstić information content (AvgIpc) is 3.15. The van der Waals surface area contributed by atoms with Crippen molar-refractivity contribution in [2.24, 2.45) is 5.92 Å². The molecule has 3 rings (SSSR count). The molecule has 1 aromatic carbocycles. The van der Waals surface area contributed by atoms with Gasteiger partial charge in [-0.1, -0.05) is 24.3 Å². The summed E-state index contributed by atoms with van der Waals surface area (Å²) in [5.74, 6) is -0.368. The quantitative estimate of drug-likeness (QED) is 0.899. The molecule has 7 heteroatoms. The van der Waals surface area contributed by atoms with Crippen LogP contribution in [0.15, 0.2) is 54.5 Å². The Balaban J connectivity index is 1.61.